The number of benzene rings is 1. The van der Waals surface area contributed by atoms with Gasteiger partial charge in [-0.1, -0.05) is 57.2 Å². The summed E-state index contributed by atoms with van der Waals surface area (Å²) in [6, 6.07) is 8.05. The Labute approximate surface area is 198 Å². The fourth-order valence-electron chi connectivity index (χ4n) is 3.85. The number of carbonyl (C=O) groups excluding carboxylic acids is 1. The average molecular weight is 466 g/mol. The van der Waals surface area contributed by atoms with Gasteiger partial charge in [-0.3, -0.25) is 9.69 Å². The van der Waals surface area contributed by atoms with E-state index >= 15 is 0 Å². The van der Waals surface area contributed by atoms with Crippen LogP contribution in [0.5, 0.6) is 0 Å². The van der Waals surface area contributed by atoms with E-state index in [0.717, 1.165) is 31.5 Å². The molecule has 3 aromatic rings. The van der Waals surface area contributed by atoms with Gasteiger partial charge < -0.3 is 5.73 Å². The lowest BCUT2D eigenvalue weighted by Gasteiger charge is -2.30. The van der Waals surface area contributed by atoms with E-state index in [1.807, 2.05) is 12.1 Å². The topological polar surface area (TPSA) is 140 Å². The zero-order valence-electron chi connectivity index (χ0n) is 20.0. The van der Waals surface area contributed by atoms with Crippen LogP contribution in [0.15, 0.2) is 34.0 Å². The second-order valence-corrected chi connectivity index (χ2v) is 9.80. The third kappa shape index (κ3) is 5.30. The SMILES string of the molecule is CC1CCN(Cc2c(C(=O)N/N=C\c3ccc(C(C)(C)C)cc3)nnn2-c2nonc2N)CC1. The van der Waals surface area contributed by atoms with Crippen LogP contribution >= 0.6 is 0 Å². The smallest absolute Gasteiger partial charge is 0.293 e. The predicted octanol–water partition coefficient (Wildman–Crippen LogP) is 2.53. The minimum Gasteiger partial charge on any atom is -0.378 e. The van der Waals surface area contributed by atoms with Crippen LogP contribution in [0.3, 0.4) is 0 Å². The van der Waals surface area contributed by atoms with E-state index in [0.29, 0.717) is 18.2 Å². The van der Waals surface area contributed by atoms with Gasteiger partial charge in [-0.25, -0.2) is 10.1 Å². The lowest BCUT2D eigenvalue weighted by Crippen LogP contribution is -2.34. The fraction of sp³-hybridized carbons (Fsp3) is 0.478. The number of piperidine rings is 1. The monoisotopic (exact) mass is 465 g/mol. The Kier molecular flexibility index (Phi) is 6.73. The summed E-state index contributed by atoms with van der Waals surface area (Å²) in [5.74, 6) is 0.491. The largest absolute Gasteiger partial charge is 0.378 e. The summed E-state index contributed by atoms with van der Waals surface area (Å²) in [6.45, 7) is 11.0. The van der Waals surface area contributed by atoms with Crippen molar-refractivity contribution < 1.29 is 9.42 Å². The number of nitrogens with zero attached hydrogens (tertiary/aromatic N) is 7. The first-order chi connectivity index (χ1) is 16.2. The highest BCUT2D eigenvalue weighted by atomic mass is 16.6. The van der Waals surface area contributed by atoms with Crippen LogP contribution in [-0.2, 0) is 12.0 Å². The third-order valence-corrected chi connectivity index (χ3v) is 6.08. The molecule has 1 aliphatic rings. The number of likely N-dealkylation sites (tertiary alicyclic amines) is 1. The maximum Gasteiger partial charge on any atom is 0.293 e. The van der Waals surface area contributed by atoms with Crippen LogP contribution in [0.4, 0.5) is 5.82 Å². The van der Waals surface area contributed by atoms with Gasteiger partial charge >= 0.3 is 0 Å². The molecule has 3 N–H and O–H groups in total. The minimum atomic E-state index is -0.468. The Bertz CT molecular complexity index is 1150. The molecule has 0 atom stereocenters. The van der Waals surface area contributed by atoms with Crippen LogP contribution in [0.1, 0.15) is 67.8 Å². The first kappa shape index (κ1) is 23.6. The van der Waals surface area contributed by atoms with Gasteiger partial charge in [0.05, 0.1) is 11.9 Å². The highest BCUT2D eigenvalue weighted by Gasteiger charge is 2.26. The van der Waals surface area contributed by atoms with Crippen LogP contribution in [0, 0.1) is 5.92 Å². The lowest BCUT2D eigenvalue weighted by molar-refractivity contribution is 0.0947. The number of aromatic nitrogens is 5. The van der Waals surface area contributed by atoms with E-state index in [4.69, 9.17) is 10.4 Å². The second kappa shape index (κ2) is 9.72. The molecule has 1 aromatic carbocycles. The van der Waals surface area contributed by atoms with Crippen LogP contribution in [-0.4, -0.2) is 55.4 Å². The van der Waals surface area contributed by atoms with Crippen LogP contribution < -0.4 is 11.2 Å². The van der Waals surface area contributed by atoms with E-state index in [9.17, 15) is 4.79 Å². The van der Waals surface area contributed by atoms with E-state index in [1.165, 1.54) is 10.2 Å². The number of hydrogen-bond donors (Lipinski definition) is 2. The Hall–Kier alpha value is -3.60. The number of hydrogen-bond acceptors (Lipinski definition) is 9. The van der Waals surface area contributed by atoms with Gasteiger partial charge in [-0.15, -0.1) is 5.10 Å². The van der Waals surface area contributed by atoms with Gasteiger partial charge in [0, 0.05) is 6.54 Å². The van der Waals surface area contributed by atoms with E-state index in [-0.39, 0.29) is 22.7 Å². The molecule has 0 unspecified atom stereocenters. The summed E-state index contributed by atoms with van der Waals surface area (Å²) in [6.07, 6.45) is 3.78. The van der Waals surface area contributed by atoms with Crippen molar-refractivity contribution in [3.63, 3.8) is 0 Å². The average Bonchev–Trinajstić information content (AvgIpc) is 3.40. The Morgan fingerprint density at radius 3 is 2.56 bits per heavy atom. The number of anilines is 1. The number of nitrogens with one attached hydrogen (secondary N) is 1. The molecule has 1 fully saturated rings. The standard InChI is InChI=1S/C23H31N9O2/c1-15-9-11-31(12-10-15)14-18-19(26-30-32(18)21-20(24)28-34-29-21)22(33)27-25-13-16-5-7-17(8-6-16)23(2,3)4/h5-8,13,15H,9-12,14H2,1-4H3,(H2,24,28)(H,27,33)/b25-13-. The Morgan fingerprint density at radius 2 is 1.94 bits per heavy atom. The van der Waals surface area contributed by atoms with Crippen molar-refractivity contribution in [3.05, 3.63) is 46.8 Å². The number of amides is 1. The van der Waals surface area contributed by atoms with Gasteiger partial charge in [0.1, 0.15) is 0 Å². The zero-order valence-corrected chi connectivity index (χ0v) is 20.0. The fourth-order valence-corrected chi connectivity index (χ4v) is 3.85. The molecule has 2 aromatic heterocycles. The molecule has 0 saturated carbocycles. The molecule has 0 bridgehead atoms. The first-order valence-electron chi connectivity index (χ1n) is 11.4. The molecule has 0 spiro atoms. The van der Waals surface area contributed by atoms with E-state index < -0.39 is 5.91 Å². The molecule has 0 radical (unpaired) electrons. The summed E-state index contributed by atoms with van der Waals surface area (Å²) >= 11 is 0. The van der Waals surface area contributed by atoms with E-state index in [1.54, 1.807) is 6.21 Å². The summed E-state index contributed by atoms with van der Waals surface area (Å²) in [5.41, 5.74) is 11.3. The Morgan fingerprint density at radius 1 is 1.24 bits per heavy atom. The molecular weight excluding hydrogens is 434 g/mol. The predicted molar refractivity (Wildman–Crippen MR) is 128 cm³/mol. The number of nitrogen functional groups attached to an aromatic ring is 1. The maximum atomic E-state index is 13.0. The van der Waals surface area contributed by atoms with Crippen molar-refractivity contribution in [1.29, 1.82) is 0 Å². The molecule has 3 heterocycles. The van der Waals surface area contributed by atoms with Crippen molar-refractivity contribution in [2.24, 2.45) is 11.0 Å². The molecule has 34 heavy (non-hydrogen) atoms. The number of carbonyl (C=O) groups is 1. The van der Waals surface area contributed by atoms with Gasteiger partial charge in [0.25, 0.3) is 5.91 Å². The van der Waals surface area contributed by atoms with Crippen molar-refractivity contribution >= 4 is 17.9 Å². The van der Waals surface area contributed by atoms with E-state index in [2.05, 4.69) is 75.9 Å². The quantitative estimate of drug-likeness (QED) is 0.418. The molecule has 1 aliphatic heterocycles. The maximum absolute atomic E-state index is 13.0. The van der Waals surface area contributed by atoms with Crippen molar-refractivity contribution in [1.82, 2.24) is 35.6 Å². The zero-order chi connectivity index (χ0) is 24.3. The highest BCUT2D eigenvalue weighted by molar-refractivity contribution is 5.94. The molecule has 1 amide bonds. The number of rotatable bonds is 6. The molecule has 1 saturated heterocycles. The van der Waals surface area contributed by atoms with Crippen LogP contribution in [0.25, 0.3) is 5.82 Å². The highest BCUT2D eigenvalue weighted by Crippen LogP contribution is 2.23. The van der Waals surface area contributed by atoms with Gasteiger partial charge in [0.15, 0.2) is 5.69 Å². The molecule has 11 nitrogen and oxygen atoms in total. The van der Waals surface area contributed by atoms with Gasteiger partial charge in [-0.05, 0) is 58.7 Å². The summed E-state index contributed by atoms with van der Waals surface area (Å²) < 4.78 is 6.13. The number of hydrazone groups is 1. The summed E-state index contributed by atoms with van der Waals surface area (Å²) in [7, 11) is 0. The van der Waals surface area contributed by atoms with Gasteiger partial charge in [0.2, 0.25) is 11.6 Å². The normalized spacial score (nSPS) is 15.8. The molecule has 11 heteroatoms. The molecular formula is C23H31N9O2. The van der Waals surface area contributed by atoms with Crippen LogP contribution in [0.2, 0.25) is 0 Å². The number of nitrogens with two attached hydrogens (primary N) is 1. The molecule has 0 aliphatic carbocycles. The minimum absolute atomic E-state index is 0.0707. The van der Waals surface area contributed by atoms with Crippen molar-refractivity contribution in [2.45, 2.75) is 52.5 Å². The summed E-state index contributed by atoms with van der Waals surface area (Å²) in [5, 5.41) is 19.7. The van der Waals surface area contributed by atoms with Gasteiger partial charge in [-0.2, -0.15) is 9.78 Å². The second-order valence-electron chi connectivity index (χ2n) is 9.80. The first-order valence-corrected chi connectivity index (χ1v) is 11.4. The third-order valence-electron chi connectivity index (χ3n) is 6.08. The van der Waals surface area contributed by atoms with Crippen molar-refractivity contribution in [2.75, 3.05) is 18.8 Å². The molecule has 4 rings (SSSR count). The molecule has 180 valence electrons. The lowest BCUT2D eigenvalue weighted by atomic mass is 9.87. The summed E-state index contributed by atoms with van der Waals surface area (Å²) in [4.78, 5) is 15.2. The van der Waals surface area contributed by atoms with Crippen molar-refractivity contribution in [3.8, 4) is 5.82 Å². The Balaban J connectivity index is 1.52.